The van der Waals surface area contributed by atoms with Crippen LogP contribution in [0, 0.1) is 12.7 Å². The molecule has 8 nitrogen and oxygen atoms in total. The number of benzene rings is 3. The Morgan fingerprint density at radius 2 is 1.82 bits per heavy atom. The second kappa shape index (κ2) is 11.7. The van der Waals surface area contributed by atoms with Gasteiger partial charge in [-0.15, -0.1) is 0 Å². The largest absolute Gasteiger partial charge is 0.493 e. The molecule has 0 atom stereocenters. The van der Waals surface area contributed by atoms with E-state index in [1.807, 2.05) is 25.1 Å². The van der Waals surface area contributed by atoms with E-state index in [0.717, 1.165) is 5.56 Å². The molecule has 3 aromatic rings. The molecule has 0 saturated carbocycles. The van der Waals surface area contributed by atoms with E-state index in [4.69, 9.17) is 21.1 Å². The first-order chi connectivity index (χ1) is 16.4. The highest BCUT2D eigenvalue weighted by atomic mass is 35.5. The van der Waals surface area contributed by atoms with Gasteiger partial charge in [0.2, 0.25) is 0 Å². The fourth-order valence-corrected chi connectivity index (χ4v) is 3.12. The smallest absolute Gasteiger partial charge is 0.339 e. The molecule has 3 amide bonds. The number of urea groups is 1. The van der Waals surface area contributed by atoms with Crippen LogP contribution in [0.5, 0.6) is 11.5 Å². The molecular formula is C24H22ClFN4O4. The average Bonchev–Trinajstić information content (AvgIpc) is 2.81. The van der Waals surface area contributed by atoms with Gasteiger partial charge in [-0.1, -0.05) is 29.8 Å². The van der Waals surface area contributed by atoms with Crippen molar-refractivity contribution < 1.29 is 23.5 Å². The van der Waals surface area contributed by atoms with E-state index in [-0.39, 0.29) is 23.1 Å². The standard InChI is InChI=1S/C24H22ClFN4O4/c1-15-5-3-4-6-20(15)29-24(32)30-27-13-16-11-19(25)23(21(12-16)33-2)34-14-22(31)28-18-9-7-17(26)8-10-18/h3-13H,14H2,1-2H3,(H,28,31)(H2,29,30,32). The van der Waals surface area contributed by atoms with E-state index in [9.17, 15) is 14.0 Å². The molecule has 0 aliphatic rings. The number of nitrogens with zero attached hydrogens (tertiary/aromatic N) is 1. The summed E-state index contributed by atoms with van der Waals surface area (Å²) in [6.45, 7) is 1.53. The monoisotopic (exact) mass is 484 g/mol. The number of nitrogens with one attached hydrogen (secondary N) is 3. The number of amides is 3. The SMILES string of the molecule is COc1cc(C=NNC(=O)Nc2ccccc2C)cc(Cl)c1OCC(=O)Nc1ccc(F)cc1. The summed E-state index contributed by atoms with van der Waals surface area (Å²) >= 11 is 6.30. The highest BCUT2D eigenvalue weighted by Gasteiger charge is 2.14. The maximum Gasteiger partial charge on any atom is 0.339 e. The summed E-state index contributed by atoms with van der Waals surface area (Å²) in [6, 6.07) is 15.3. The van der Waals surface area contributed by atoms with Gasteiger partial charge >= 0.3 is 6.03 Å². The van der Waals surface area contributed by atoms with Crippen molar-refractivity contribution in [2.45, 2.75) is 6.92 Å². The Morgan fingerprint density at radius 1 is 1.09 bits per heavy atom. The van der Waals surface area contributed by atoms with E-state index in [1.165, 1.54) is 37.6 Å². The number of hydrazone groups is 1. The number of anilines is 2. The van der Waals surface area contributed by atoms with E-state index >= 15 is 0 Å². The molecular weight excluding hydrogens is 463 g/mol. The number of methoxy groups -OCH3 is 1. The lowest BCUT2D eigenvalue weighted by molar-refractivity contribution is -0.118. The lowest BCUT2D eigenvalue weighted by Crippen LogP contribution is -2.24. The number of rotatable bonds is 8. The van der Waals surface area contributed by atoms with Crippen LogP contribution in [0.3, 0.4) is 0 Å². The number of halogens is 2. The van der Waals surface area contributed by atoms with Crippen LogP contribution < -0.4 is 25.5 Å². The number of carbonyl (C=O) groups is 2. The number of para-hydroxylation sites is 1. The van der Waals surface area contributed by atoms with Gasteiger partial charge in [-0.2, -0.15) is 5.10 Å². The molecule has 0 unspecified atom stereocenters. The minimum absolute atomic E-state index is 0.167. The van der Waals surface area contributed by atoms with Crippen LogP contribution in [0.2, 0.25) is 5.02 Å². The minimum Gasteiger partial charge on any atom is -0.493 e. The molecule has 3 rings (SSSR count). The Morgan fingerprint density at radius 3 is 2.53 bits per heavy atom. The molecule has 34 heavy (non-hydrogen) atoms. The zero-order chi connectivity index (χ0) is 24.5. The molecule has 0 saturated heterocycles. The number of aryl methyl sites for hydroxylation is 1. The molecule has 3 aromatic carbocycles. The Labute approximate surface area is 200 Å². The lowest BCUT2D eigenvalue weighted by Gasteiger charge is -2.13. The average molecular weight is 485 g/mol. The lowest BCUT2D eigenvalue weighted by atomic mass is 10.2. The molecule has 10 heteroatoms. The number of carbonyl (C=O) groups excluding carboxylic acids is 2. The highest BCUT2D eigenvalue weighted by molar-refractivity contribution is 6.32. The second-order valence-electron chi connectivity index (χ2n) is 7.02. The molecule has 0 aliphatic heterocycles. The van der Waals surface area contributed by atoms with Crippen molar-refractivity contribution in [3.8, 4) is 11.5 Å². The quantitative estimate of drug-likeness (QED) is 0.310. The zero-order valence-electron chi connectivity index (χ0n) is 18.4. The Kier molecular flexibility index (Phi) is 8.42. The third-order valence-electron chi connectivity index (χ3n) is 4.50. The third kappa shape index (κ3) is 6.94. The third-order valence-corrected chi connectivity index (χ3v) is 4.78. The van der Waals surface area contributed by atoms with Gasteiger partial charge in [-0.25, -0.2) is 14.6 Å². The molecule has 0 aliphatic carbocycles. The molecule has 0 heterocycles. The van der Waals surface area contributed by atoms with Crippen LogP contribution in [0.4, 0.5) is 20.6 Å². The van der Waals surface area contributed by atoms with Crippen molar-refractivity contribution in [2.24, 2.45) is 5.10 Å². The van der Waals surface area contributed by atoms with Gasteiger partial charge < -0.3 is 20.1 Å². The van der Waals surface area contributed by atoms with E-state index < -0.39 is 17.8 Å². The van der Waals surface area contributed by atoms with Crippen LogP contribution in [-0.4, -0.2) is 31.9 Å². The van der Waals surface area contributed by atoms with Gasteiger partial charge in [0.05, 0.1) is 18.3 Å². The highest BCUT2D eigenvalue weighted by Crippen LogP contribution is 2.36. The maximum atomic E-state index is 13.0. The summed E-state index contributed by atoms with van der Waals surface area (Å²) in [5, 5.41) is 9.37. The summed E-state index contributed by atoms with van der Waals surface area (Å²) in [5.41, 5.74) is 4.92. The van der Waals surface area contributed by atoms with Crippen LogP contribution in [0.25, 0.3) is 0 Å². The number of ether oxygens (including phenoxy) is 2. The second-order valence-corrected chi connectivity index (χ2v) is 7.42. The topological polar surface area (TPSA) is 101 Å². The summed E-state index contributed by atoms with van der Waals surface area (Å²) < 4.78 is 23.8. The van der Waals surface area contributed by atoms with Crippen LogP contribution >= 0.6 is 11.6 Å². The molecule has 176 valence electrons. The first-order valence-corrected chi connectivity index (χ1v) is 10.4. The first-order valence-electron chi connectivity index (χ1n) is 10.1. The van der Waals surface area contributed by atoms with Crippen molar-refractivity contribution in [1.82, 2.24) is 5.43 Å². The van der Waals surface area contributed by atoms with E-state index in [1.54, 1.807) is 18.2 Å². The summed E-state index contributed by atoms with van der Waals surface area (Å²) in [7, 11) is 1.42. The predicted octanol–water partition coefficient (Wildman–Crippen LogP) is 4.97. The fraction of sp³-hybridized carbons (Fsp3) is 0.125. The van der Waals surface area contributed by atoms with Gasteiger partial charge in [0.1, 0.15) is 5.82 Å². The fourth-order valence-electron chi connectivity index (χ4n) is 2.85. The number of hydrogen-bond donors (Lipinski definition) is 3. The van der Waals surface area contributed by atoms with E-state index in [0.29, 0.717) is 16.9 Å². The first kappa shape index (κ1) is 24.5. The van der Waals surface area contributed by atoms with Crippen LogP contribution in [0.15, 0.2) is 65.8 Å². The van der Waals surface area contributed by atoms with Gasteiger partial charge in [0, 0.05) is 11.4 Å². The molecule has 0 bridgehead atoms. The predicted molar refractivity (Wildman–Crippen MR) is 129 cm³/mol. The Hall–Kier alpha value is -4.11. The van der Waals surface area contributed by atoms with Gasteiger partial charge in [0.25, 0.3) is 5.91 Å². The number of hydrogen-bond acceptors (Lipinski definition) is 5. The van der Waals surface area contributed by atoms with Gasteiger partial charge in [-0.05, 0) is 60.5 Å². The Balaban J connectivity index is 1.59. The molecule has 0 spiro atoms. The van der Waals surface area contributed by atoms with Crippen molar-refractivity contribution in [1.29, 1.82) is 0 Å². The summed E-state index contributed by atoms with van der Waals surface area (Å²) in [5.74, 6) is -0.426. The van der Waals surface area contributed by atoms with Crippen molar-refractivity contribution in [2.75, 3.05) is 24.4 Å². The Bertz CT molecular complexity index is 1200. The summed E-state index contributed by atoms with van der Waals surface area (Å²) in [6.07, 6.45) is 1.39. The van der Waals surface area contributed by atoms with Gasteiger partial charge in [-0.3, -0.25) is 4.79 Å². The molecule has 3 N–H and O–H groups in total. The molecule has 0 aromatic heterocycles. The maximum absolute atomic E-state index is 13.0. The van der Waals surface area contributed by atoms with Crippen molar-refractivity contribution >= 4 is 41.1 Å². The summed E-state index contributed by atoms with van der Waals surface area (Å²) in [4.78, 5) is 24.2. The van der Waals surface area contributed by atoms with Gasteiger partial charge in [0.15, 0.2) is 18.1 Å². The molecule has 0 radical (unpaired) electrons. The van der Waals surface area contributed by atoms with E-state index in [2.05, 4.69) is 21.2 Å². The van der Waals surface area contributed by atoms with Crippen molar-refractivity contribution in [3.63, 3.8) is 0 Å². The molecule has 0 fully saturated rings. The van der Waals surface area contributed by atoms with Crippen LogP contribution in [-0.2, 0) is 4.79 Å². The minimum atomic E-state index is -0.504. The zero-order valence-corrected chi connectivity index (χ0v) is 19.2. The van der Waals surface area contributed by atoms with Crippen molar-refractivity contribution in [3.05, 3.63) is 82.6 Å². The van der Waals surface area contributed by atoms with Crippen LogP contribution in [0.1, 0.15) is 11.1 Å². The normalized spacial score (nSPS) is 10.6.